The molecule has 0 radical (unpaired) electrons. The molecular weight excluding hydrogens is 304 g/mol. The molecule has 0 saturated carbocycles. The number of aromatic amines is 1. The van der Waals surface area contributed by atoms with Gasteiger partial charge in [-0.3, -0.25) is 0 Å². The van der Waals surface area contributed by atoms with Gasteiger partial charge in [0.25, 0.3) is 0 Å². The molecule has 0 saturated heterocycles. The fourth-order valence-corrected chi connectivity index (χ4v) is 2.76. The summed E-state index contributed by atoms with van der Waals surface area (Å²) < 4.78 is 11.1. The summed E-state index contributed by atoms with van der Waals surface area (Å²) >= 11 is 0. The van der Waals surface area contributed by atoms with E-state index in [9.17, 15) is 5.26 Å². The van der Waals surface area contributed by atoms with Crippen LogP contribution in [0.3, 0.4) is 0 Å². The molecule has 0 atom stereocenters. The van der Waals surface area contributed by atoms with Crippen molar-refractivity contribution in [3.63, 3.8) is 0 Å². The molecule has 0 aliphatic carbocycles. The van der Waals surface area contributed by atoms with E-state index in [4.69, 9.17) is 9.47 Å². The number of H-pyrrole nitrogens is 1. The molecular formula is C18H20N4O2. The van der Waals surface area contributed by atoms with Crippen LogP contribution in [-0.4, -0.2) is 49.2 Å². The van der Waals surface area contributed by atoms with Crippen molar-refractivity contribution in [2.75, 3.05) is 34.4 Å². The van der Waals surface area contributed by atoms with Crippen LogP contribution in [0.2, 0.25) is 0 Å². The Balaban J connectivity index is 2.09. The van der Waals surface area contributed by atoms with Crippen LogP contribution in [0, 0.1) is 11.3 Å². The first kappa shape index (κ1) is 16.2. The van der Waals surface area contributed by atoms with Crippen LogP contribution in [0.15, 0.2) is 24.4 Å². The van der Waals surface area contributed by atoms with Gasteiger partial charge in [-0.1, -0.05) is 0 Å². The molecule has 0 amide bonds. The van der Waals surface area contributed by atoms with E-state index in [1.807, 2.05) is 32.3 Å². The van der Waals surface area contributed by atoms with E-state index in [1.165, 1.54) is 0 Å². The number of nitrogens with one attached hydrogen (secondary N) is 1. The average molecular weight is 324 g/mol. The van der Waals surface area contributed by atoms with Crippen molar-refractivity contribution < 1.29 is 9.47 Å². The van der Waals surface area contributed by atoms with Crippen LogP contribution in [0.5, 0.6) is 5.75 Å². The Bertz CT molecular complexity index is 909. The second-order valence-electron chi connectivity index (χ2n) is 5.90. The predicted molar refractivity (Wildman–Crippen MR) is 93.1 cm³/mol. The maximum absolute atomic E-state index is 9.33. The first-order valence-electron chi connectivity index (χ1n) is 7.74. The van der Waals surface area contributed by atoms with Gasteiger partial charge in [0, 0.05) is 35.5 Å². The Morgan fingerprint density at radius 1 is 1.29 bits per heavy atom. The zero-order chi connectivity index (χ0) is 17.1. The first-order chi connectivity index (χ1) is 11.6. The second kappa shape index (κ2) is 6.87. The van der Waals surface area contributed by atoms with Gasteiger partial charge >= 0.3 is 0 Å². The van der Waals surface area contributed by atoms with Crippen molar-refractivity contribution in [3.05, 3.63) is 35.7 Å². The Labute approximate surface area is 140 Å². The lowest BCUT2D eigenvalue weighted by Crippen LogP contribution is -2.19. The number of likely N-dealkylation sites (N-methyl/N-ethyl adjacent to an activating group) is 1. The van der Waals surface area contributed by atoms with Gasteiger partial charge in [-0.05, 0) is 32.3 Å². The summed E-state index contributed by atoms with van der Waals surface area (Å²) in [6.45, 7) is 1.81. The van der Waals surface area contributed by atoms with Gasteiger partial charge in [0.1, 0.15) is 24.1 Å². The van der Waals surface area contributed by atoms with Crippen molar-refractivity contribution in [1.29, 1.82) is 5.26 Å². The van der Waals surface area contributed by atoms with Gasteiger partial charge in [0.15, 0.2) is 0 Å². The van der Waals surface area contributed by atoms with E-state index in [0.717, 1.165) is 39.7 Å². The largest absolute Gasteiger partial charge is 0.492 e. The van der Waals surface area contributed by atoms with Crippen molar-refractivity contribution >= 4 is 21.8 Å². The van der Waals surface area contributed by atoms with Gasteiger partial charge in [0.2, 0.25) is 0 Å². The number of methoxy groups -OCH3 is 1. The molecule has 2 aromatic heterocycles. The summed E-state index contributed by atoms with van der Waals surface area (Å²) in [6.07, 6.45) is 1.69. The van der Waals surface area contributed by atoms with Crippen LogP contribution >= 0.6 is 0 Å². The molecule has 0 bridgehead atoms. The number of pyridine rings is 1. The highest BCUT2D eigenvalue weighted by Crippen LogP contribution is 2.32. The molecule has 2 heterocycles. The van der Waals surface area contributed by atoms with E-state index in [2.05, 4.69) is 20.9 Å². The number of fused-ring (bicyclic) bond motifs is 3. The number of nitriles is 1. The minimum Gasteiger partial charge on any atom is -0.492 e. The smallest absolute Gasteiger partial charge is 0.146 e. The fourth-order valence-electron chi connectivity index (χ4n) is 2.76. The molecule has 0 aliphatic heterocycles. The molecule has 1 N–H and O–H groups in total. The first-order valence-corrected chi connectivity index (χ1v) is 7.74. The summed E-state index contributed by atoms with van der Waals surface area (Å²) in [6, 6.07) is 8.09. The van der Waals surface area contributed by atoms with Crippen LogP contribution < -0.4 is 4.74 Å². The highest BCUT2D eigenvalue weighted by molar-refractivity contribution is 6.09. The van der Waals surface area contributed by atoms with Crippen molar-refractivity contribution in [2.24, 2.45) is 0 Å². The van der Waals surface area contributed by atoms with Gasteiger partial charge in [0.05, 0.1) is 18.3 Å². The van der Waals surface area contributed by atoms with Gasteiger partial charge in [-0.15, -0.1) is 0 Å². The third kappa shape index (κ3) is 3.04. The standard InChI is InChI=1S/C18H20N4O2/c1-22(2)6-7-24-12-4-5-15-13(8-12)18-14(11-23-3)16(9-19)20-10-17(18)21-15/h4-5,8,10,21H,6-7,11H2,1-3H3. The predicted octanol–water partition coefficient (Wildman–Crippen LogP) is 2.67. The topological polar surface area (TPSA) is 74.2 Å². The highest BCUT2D eigenvalue weighted by atomic mass is 16.5. The molecule has 1 aromatic carbocycles. The van der Waals surface area contributed by atoms with Gasteiger partial charge in [-0.2, -0.15) is 5.26 Å². The lowest BCUT2D eigenvalue weighted by atomic mass is 10.1. The summed E-state index contributed by atoms with van der Waals surface area (Å²) in [5.41, 5.74) is 3.07. The monoisotopic (exact) mass is 324 g/mol. The Morgan fingerprint density at radius 3 is 2.83 bits per heavy atom. The molecule has 6 nitrogen and oxygen atoms in total. The minimum absolute atomic E-state index is 0.339. The maximum Gasteiger partial charge on any atom is 0.146 e. The van der Waals surface area contributed by atoms with E-state index in [1.54, 1.807) is 13.3 Å². The summed E-state index contributed by atoms with van der Waals surface area (Å²) in [7, 11) is 5.64. The van der Waals surface area contributed by atoms with E-state index in [0.29, 0.717) is 18.9 Å². The molecule has 24 heavy (non-hydrogen) atoms. The van der Waals surface area contributed by atoms with Crippen LogP contribution in [0.1, 0.15) is 11.3 Å². The Kier molecular flexibility index (Phi) is 4.65. The molecule has 3 rings (SSSR count). The van der Waals surface area contributed by atoms with Gasteiger partial charge in [-0.25, -0.2) is 4.98 Å². The Morgan fingerprint density at radius 2 is 2.12 bits per heavy atom. The third-order valence-corrected chi connectivity index (χ3v) is 3.91. The number of benzene rings is 1. The van der Waals surface area contributed by atoms with E-state index >= 15 is 0 Å². The number of aromatic nitrogens is 2. The molecule has 0 spiro atoms. The van der Waals surface area contributed by atoms with Crippen LogP contribution in [0.25, 0.3) is 21.8 Å². The minimum atomic E-state index is 0.339. The highest BCUT2D eigenvalue weighted by Gasteiger charge is 2.14. The van der Waals surface area contributed by atoms with Gasteiger partial charge < -0.3 is 19.4 Å². The normalized spacial score (nSPS) is 11.3. The van der Waals surface area contributed by atoms with E-state index < -0.39 is 0 Å². The molecule has 0 fully saturated rings. The van der Waals surface area contributed by atoms with Crippen LogP contribution in [-0.2, 0) is 11.3 Å². The number of hydrogen-bond donors (Lipinski definition) is 1. The van der Waals surface area contributed by atoms with Crippen LogP contribution in [0.4, 0.5) is 0 Å². The quantitative estimate of drug-likeness (QED) is 0.754. The number of ether oxygens (including phenoxy) is 2. The summed E-state index contributed by atoms with van der Waals surface area (Å²) in [4.78, 5) is 9.64. The summed E-state index contributed by atoms with van der Waals surface area (Å²) in [5.74, 6) is 0.809. The lowest BCUT2D eigenvalue weighted by Gasteiger charge is -2.11. The second-order valence-corrected chi connectivity index (χ2v) is 5.90. The SMILES string of the molecule is COCc1c(C#N)ncc2[nH]c3ccc(OCCN(C)C)cc3c12. The zero-order valence-corrected chi connectivity index (χ0v) is 14.1. The van der Waals surface area contributed by atoms with Crippen molar-refractivity contribution in [1.82, 2.24) is 14.9 Å². The molecule has 124 valence electrons. The average Bonchev–Trinajstić information content (AvgIpc) is 2.93. The summed E-state index contributed by atoms with van der Waals surface area (Å²) in [5, 5.41) is 11.3. The molecule has 0 aliphatic rings. The zero-order valence-electron chi connectivity index (χ0n) is 14.1. The molecule has 6 heteroatoms. The van der Waals surface area contributed by atoms with E-state index in [-0.39, 0.29) is 0 Å². The number of rotatable bonds is 6. The number of nitrogens with zero attached hydrogens (tertiary/aromatic N) is 3. The lowest BCUT2D eigenvalue weighted by molar-refractivity contribution is 0.185. The third-order valence-electron chi connectivity index (χ3n) is 3.91. The number of hydrogen-bond acceptors (Lipinski definition) is 5. The molecule has 0 unspecified atom stereocenters. The Hall–Kier alpha value is -2.62. The maximum atomic E-state index is 9.33. The fraction of sp³-hybridized carbons (Fsp3) is 0.333. The molecule has 3 aromatic rings. The van der Waals surface area contributed by atoms with Crippen molar-refractivity contribution in [2.45, 2.75) is 6.61 Å². The van der Waals surface area contributed by atoms with Crippen molar-refractivity contribution in [3.8, 4) is 11.8 Å².